The number of nitrogens with zero attached hydrogens (tertiary/aromatic N) is 1. The van der Waals surface area contributed by atoms with Crippen LogP contribution in [0.25, 0.3) is 0 Å². The highest BCUT2D eigenvalue weighted by Gasteiger charge is 2.79. The fraction of sp³-hybridized carbons (Fsp3) is 0.593. The third kappa shape index (κ3) is 2.66. The smallest absolute Gasteiger partial charge is 0.202 e. The van der Waals surface area contributed by atoms with E-state index in [1.807, 2.05) is 6.92 Å². The van der Waals surface area contributed by atoms with Crippen molar-refractivity contribution in [2.75, 3.05) is 6.61 Å². The van der Waals surface area contributed by atoms with Crippen LogP contribution in [0.3, 0.4) is 0 Å². The van der Waals surface area contributed by atoms with Crippen LogP contribution in [-0.4, -0.2) is 56.8 Å². The molecule has 1 aromatic heterocycles. The van der Waals surface area contributed by atoms with E-state index in [1.165, 1.54) is 12.2 Å². The van der Waals surface area contributed by atoms with E-state index >= 15 is 4.39 Å². The van der Waals surface area contributed by atoms with Crippen LogP contribution in [0.15, 0.2) is 48.2 Å². The molecule has 4 fully saturated rings. The number of ether oxygens (including phenoxy) is 2. The first-order valence-corrected chi connectivity index (χ1v) is 12.3. The lowest BCUT2D eigenvalue weighted by Gasteiger charge is -2.62. The third-order valence-electron chi connectivity index (χ3n) is 9.87. The van der Waals surface area contributed by atoms with Crippen molar-refractivity contribution in [2.24, 2.45) is 22.7 Å². The molecule has 7 nitrogen and oxygen atoms in total. The van der Waals surface area contributed by atoms with E-state index < -0.39 is 58.9 Å². The molecular weight excluding hydrogens is 453 g/mol. The van der Waals surface area contributed by atoms with Crippen LogP contribution in [0.2, 0.25) is 0 Å². The second-order valence-corrected chi connectivity index (χ2v) is 11.1. The van der Waals surface area contributed by atoms with E-state index in [0.717, 1.165) is 0 Å². The Morgan fingerprint density at radius 1 is 1.29 bits per heavy atom. The summed E-state index contributed by atoms with van der Waals surface area (Å²) in [4.78, 5) is 29.8. The number of alkyl halides is 1. The van der Waals surface area contributed by atoms with Gasteiger partial charge in [0.1, 0.15) is 6.61 Å². The molecule has 6 rings (SSSR count). The molecule has 2 heterocycles. The summed E-state index contributed by atoms with van der Waals surface area (Å²) >= 11 is 0. The normalized spacial score (nSPS) is 48.0. The highest BCUT2D eigenvalue weighted by atomic mass is 19.1. The lowest BCUT2D eigenvalue weighted by Crippen LogP contribution is -2.69. The van der Waals surface area contributed by atoms with Crippen molar-refractivity contribution in [3.05, 3.63) is 53.9 Å². The number of allylic oxidation sites excluding steroid dienone is 4. The zero-order valence-corrected chi connectivity index (χ0v) is 19.8. The zero-order chi connectivity index (χ0) is 24.8. The summed E-state index contributed by atoms with van der Waals surface area (Å²) in [6.45, 7) is 2.88. The molecule has 9 atom stereocenters. The number of aliphatic hydroxyl groups is 2. The number of aliphatic hydroxyl groups excluding tert-OH is 2. The van der Waals surface area contributed by atoms with Gasteiger partial charge in [-0.15, -0.1) is 0 Å². The number of carbonyl (C=O) groups excluding carboxylic acids is 2. The van der Waals surface area contributed by atoms with Crippen LogP contribution < -0.4 is 0 Å². The Morgan fingerprint density at radius 2 is 2.09 bits per heavy atom. The van der Waals surface area contributed by atoms with Crippen molar-refractivity contribution in [3.8, 4) is 0 Å². The highest BCUT2D eigenvalue weighted by Crippen LogP contribution is 2.72. The number of carbonyl (C=O) groups is 2. The molecule has 186 valence electrons. The minimum absolute atomic E-state index is 0.0319. The predicted octanol–water partition coefficient (Wildman–Crippen LogP) is 2.78. The molecule has 0 radical (unpaired) electrons. The monoisotopic (exact) mass is 483 g/mol. The Hall–Kier alpha value is -2.26. The van der Waals surface area contributed by atoms with Gasteiger partial charge in [0.05, 0.1) is 17.9 Å². The Kier molecular flexibility index (Phi) is 4.88. The van der Waals surface area contributed by atoms with Gasteiger partial charge >= 0.3 is 0 Å². The minimum Gasteiger partial charge on any atom is -0.390 e. The van der Waals surface area contributed by atoms with Gasteiger partial charge in [0.2, 0.25) is 6.29 Å². The lowest BCUT2D eigenvalue weighted by atomic mass is 9.44. The molecule has 0 bridgehead atoms. The van der Waals surface area contributed by atoms with Gasteiger partial charge in [0, 0.05) is 22.9 Å². The second kappa shape index (κ2) is 7.38. The lowest BCUT2D eigenvalue weighted by molar-refractivity contribution is -0.231. The number of hydrogen-bond acceptors (Lipinski definition) is 7. The maximum Gasteiger partial charge on any atom is 0.202 e. The molecule has 2 N–H and O–H groups in total. The maximum absolute atomic E-state index is 17.3. The molecule has 8 heteroatoms. The summed E-state index contributed by atoms with van der Waals surface area (Å²) in [5, 5.41) is 21.5. The molecular formula is C27H30FNO6. The van der Waals surface area contributed by atoms with Crippen molar-refractivity contribution in [1.82, 2.24) is 4.98 Å². The summed E-state index contributed by atoms with van der Waals surface area (Å²) in [6.07, 6.45) is 4.42. The van der Waals surface area contributed by atoms with Crippen LogP contribution in [0, 0.1) is 22.7 Å². The Bertz CT molecular complexity index is 1150. The topological polar surface area (TPSA) is 106 Å². The first kappa shape index (κ1) is 23.2. The van der Waals surface area contributed by atoms with Gasteiger partial charge in [-0.05, 0) is 62.8 Å². The van der Waals surface area contributed by atoms with Crippen LogP contribution in [0.1, 0.15) is 51.5 Å². The van der Waals surface area contributed by atoms with E-state index in [0.29, 0.717) is 30.5 Å². The summed E-state index contributed by atoms with van der Waals surface area (Å²) in [5.74, 6) is -1.59. The molecule has 1 aliphatic heterocycles. The van der Waals surface area contributed by atoms with Gasteiger partial charge < -0.3 is 19.7 Å². The van der Waals surface area contributed by atoms with Gasteiger partial charge in [0.25, 0.3) is 0 Å². The molecule has 0 amide bonds. The maximum atomic E-state index is 17.3. The number of rotatable bonds is 3. The first-order valence-electron chi connectivity index (χ1n) is 12.3. The molecule has 35 heavy (non-hydrogen) atoms. The van der Waals surface area contributed by atoms with Gasteiger partial charge in [0.15, 0.2) is 22.8 Å². The van der Waals surface area contributed by atoms with Gasteiger partial charge in [-0.1, -0.05) is 24.6 Å². The molecule has 1 unspecified atom stereocenters. The summed E-state index contributed by atoms with van der Waals surface area (Å²) in [5.41, 5.74) is -4.40. The predicted molar refractivity (Wildman–Crippen MR) is 121 cm³/mol. The Labute approximate surface area is 203 Å². The fourth-order valence-corrected chi connectivity index (χ4v) is 8.22. The highest BCUT2D eigenvalue weighted by molar-refractivity contribution is 6.01. The quantitative estimate of drug-likeness (QED) is 0.681. The van der Waals surface area contributed by atoms with E-state index in [4.69, 9.17) is 9.47 Å². The molecule has 5 aliphatic rings. The number of hydrogen-bond donors (Lipinski definition) is 2. The number of halogens is 1. The Morgan fingerprint density at radius 3 is 2.80 bits per heavy atom. The van der Waals surface area contributed by atoms with Gasteiger partial charge in [-0.2, -0.15) is 0 Å². The van der Waals surface area contributed by atoms with Crippen molar-refractivity contribution in [3.63, 3.8) is 0 Å². The van der Waals surface area contributed by atoms with E-state index in [1.54, 1.807) is 37.4 Å². The number of Topliss-reactive ketones (excluding diaryl/α,β-unsaturated/α-hetero) is 1. The molecule has 1 saturated heterocycles. The fourth-order valence-electron chi connectivity index (χ4n) is 8.22. The first-order chi connectivity index (χ1) is 16.6. The summed E-state index contributed by atoms with van der Waals surface area (Å²) in [7, 11) is 0. The summed E-state index contributed by atoms with van der Waals surface area (Å²) < 4.78 is 30.0. The van der Waals surface area contributed by atoms with Crippen LogP contribution in [-0.2, 0) is 19.1 Å². The van der Waals surface area contributed by atoms with Gasteiger partial charge in [-0.25, -0.2) is 4.39 Å². The Balaban J connectivity index is 1.44. The number of aromatic nitrogens is 1. The average molecular weight is 484 g/mol. The van der Waals surface area contributed by atoms with Crippen molar-refractivity contribution < 1.29 is 33.7 Å². The van der Waals surface area contributed by atoms with Crippen LogP contribution in [0.4, 0.5) is 4.39 Å². The van der Waals surface area contributed by atoms with Crippen LogP contribution >= 0.6 is 0 Å². The van der Waals surface area contributed by atoms with Crippen molar-refractivity contribution in [2.45, 2.75) is 69.3 Å². The van der Waals surface area contributed by atoms with E-state index in [9.17, 15) is 19.8 Å². The number of ketones is 2. The van der Waals surface area contributed by atoms with Crippen molar-refractivity contribution in [1.29, 1.82) is 0 Å². The SMILES string of the molecule is C[C@]12C=CC(=O)C=C1CC[C@H]1[C@@H]3C[C@H]4OC(c5ccccn5)O[C@@]4(C(=O)CO)[C@@]3(C)C[C@H](O)[C@@]12F. The van der Waals surface area contributed by atoms with Gasteiger partial charge in [-0.3, -0.25) is 14.6 Å². The number of fused-ring (bicyclic) bond motifs is 7. The number of pyridine rings is 1. The average Bonchev–Trinajstić information content (AvgIpc) is 3.34. The summed E-state index contributed by atoms with van der Waals surface area (Å²) in [6, 6.07) is 5.31. The van der Waals surface area contributed by atoms with Crippen LogP contribution in [0.5, 0.6) is 0 Å². The standard InChI is InChI=1S/C27H30FNO6/c1-24-9-8-16(31)11-15(24)6-7-17-18-12-22-27(21(33)14-30,25(18,2)13-20(32)26(17,24)28)35-23(34-22)19-5-3-4-10-29-19/h3-5,8-11,17-18,20,22-23,30,32H,6-7,12-14H2,1-2H3/t17-,18-,20-,22+,23?,24-,25-,26-,27+/m0/s1. The van der Waals surface area contributed by atoms with Crippen molar-refractivity contribution >= 4 is 11.6 Å². The second-order valence-electron chi connectivity index (χ2n) is 11.1. The van der Waals surface area contributed by atoms with E-state index in [-0.39, 0.29) is 18.1 Å². The molecule has 0 aromatic carbocycles. The molecule has 0 spiro atoms. The minimum atomic E-state index is -2.01. The zero-order valence-electron chi connectivity index (χ0n) is 19.8. The molecule has 1 aromatic rings. The largest absolute Gasteiger partial charge is 0.390 e. The van der Waals surface area contributed by atoms with E-state index in [2.05, 4.69) is 4.98 Å². The molecule has 4 aliphatic carbocycles. The molecule has 3 saturated carbocycles. The third-order valence-corrected chi connectivity index (χ3v) is 9.87.